The highest BCUT2D eigenvalue weighted by atomic mass is 15.1. The van der Waals surface area contributed by atoms with Gasteiger partial charge in [-0.1, -0.05) is 77.9 Å². The van der Waals surface area contributed by atoms with Crippen LogP contribution in [0.15, 0.2) is 61.1 Å². The minimum absolute atomic E-state index is 0.124. The Kier molecular flexibility index (Phi) is 5.27. The van der Waals surface area contributed by atoms with Gasteiger partial charge in [0.25, 0.3) is 5.82 Å². The normalized spacial score (nSPS) is 14.1. The van der Waals surface area contributed by atoms with Crippen molar-refractivity contribution in [2.45, 2.75) is 65.7 Å². The van der Waals surface area contributed by atoms with Crippen molar-refractivity contribution in [1.29, 1.82) is 0 Å². The number of imidazole rings is 1. The molecule has 34 heavy (non-hydrogen) atoms. The average molecular weight is 451 g/mol. The van der Waals surface area contributed by atoms with E-state index >= 15 is 0 Å². The molecule has 0 amide bonds. The third-order valence-corrected chi connectivity index (χ3v) is 7.58. The van der Waals surface area contributed by atoms with Gasteiger partial charge in [-0.25, -0.2) is 4.57 Å². The SMILES string of the molecule is Cc1ccc2c(c1-c1n(-c3c(C(C)C)cccc3C(C)C)cc[n+]1C)C(C)(C)c1cccnc1-2. The Hall–Kier alpha value is -3.20. The van der Waals surface area contributed by atoms with Crippen LogP contribution in [0.2, 0.25) is 0 Å². The number of para-hydroxylation sites is 1. The second-order valence-electron chi connectivity index (χ2n) is 10.9. The summed E-state index contributed by atoms with van der Waals surface area (Å²) >= 11 is 0. The van der Waals surface area contributed by atoms with E-state index in [-0.39, 0.29) is 5.41 Å². The molecule has 0 bridgehead atoms. The van der Waals surface area contributed by atoms with E-state index in [9.17, 15) is 0 Å². The van der Waals surface area contributed by atoms with E-state index in [1.54, 1.807) is 0 Å². The predicted octanol–water partition coefficient (Wildman–Crippen LogP) is 7.23. The molecule has 174 valence electrons. The highest BCUT2D eigenvalue weighted by Crippen LogP contribution is 2.52. The van der Waals surface area contributed by atoms with Crippen molar-refractivity contribution in [3.8, 4) is 28.3 Å². The van der Waals surface area contributed by atoms with E-state index in [1.165, 1.54) is 50.5 Å². The van der Waals surface area contributed by atoms with Gasteiger partial charge in [0.05, 0.1) is 18.3 Å². The fourth-order valence-electron chi connectivity index (χ4n) is 5.85. The van der Waals surface area contributed by atoms with Crippen LogP contribution in [0.1, 0.15) is 81.2 Å². The minimum atomic E-state index is -0.124. The van der Waals surface area contributed by atoms with Crippen molar-refractivity contribution >= 4 is 0 Å². The Balaban J connectivity index is 1.87. The summed E-state index contributed by atoms with van der Waals surface area (Å²) in [6.07, 6.45) is 6.36. The number of aryl methyl sites for hydroxylation is 2. The van der Waals surface area contributed by atoms with Gasteiger partial charge in [0.1, 0.15) is 18.1 Å². The maximum atomic E-state index is 4.81. The molecule has 2 heterocycles. The van der Waals surface area contributed by atoms with Gasteiger partial charge in [0.2, 0.25) is 0 Å². The summed E-state index contributed by atoms with van der Waals surface area (Å²) in [6, 6.07) is 15.6. The first-order valence-corrected chi connectivity index (χ1v) is 12.4. The number of fused-ring (bicyclic) bond motifs is 3. The zero-order chi connectivity index (χ0) is 24.4. The lowest BCUT2D eigenvalue weighted by Gasteiger charge is -2.25. The molecule has 5 rings (SSSR count). The first kappa shape index (κ1) is 22.6. The fourth-order valence-corrected chi connectivity index (χ4v) is 5.85. The molecule has 0 unspecified atom stereocenters. The molecule has 3 heteroatoms. The van der Waals surface area contributed by atoms with Gasteiger partial charge in [-0.15, -0.1) is 0 Å². The number of hydrogen-bond acceptors (Lipinski definition) is 1. The highest BCUT2D eigenvalue weighted by Gasteiger charge is 2.41. The van der Waals surface area contributed by atoms with Crippen molar-refractivity contribution in [2.75, 3.05) is 0 Å². The van der Waals surface area contributed by atoms with E-state index in [0.717, 1.165) is 5.69 Å². The van der Waals surface area contributed by atoms with Crippen LogP contribution in [-0.2, 0) is 12.5 Å². The Morgan fingerprint density at radius 2 is 1.59 bits per heavy atom. The number of pyridine rings is 1. The van der Waals surface area contributed by atoms with Crippen molar-refractivity contribution in [1.82, 2.24) is 9.55 Å². The van der Waals surface area contributed by atoms with Crippen LogP contribution in [0.5, 0.6) is 0 Å². The Labute approximate surface area is 204 Å². The molecule has 2 aromatic carbocycles. The number of rotatable bonds is 4. The molecule has 0 saturated carbocycles. The van der Waals surface area contributed by atoms with Crippen LogP contribution in [0.4, 0.5) is 0 Å². The molecule has 0 radical (unpaired) electrons. The summed E-state index contributed by atoms with van der Waals surface area (Å²) in [7, 11) is 2.17. The van der Waals surface area contributed by atoms with Gasteiger partial charge in [-0.3, -0.25) is 4.98 Å². The lowest BCUT2D eigenvalue weighted by molar-refractivity contribution is -0.659. The number of benzene rings is 2. The summed E-state index contributed by atoms with van der Waals surface area (Å²) in [5, 5.41) is 0. The topological polar surface area (TPSA) is 21.7 Å². The summed E-state index contributed by atoms with van der Waals surface area (Å²) < 4.78 is 4.73. The Bertz CT molecular complexity index is 1380. The zero-order valence-electron chi connectivity index (χ0n) is 21.8. The van der Waals surface area contributed by atoms with Gasteiger partial charge < -0.3 is 0 Å². The van der Waals surface area contributed by atoms with E-state index < -0.39 is 0 Å². The molecule has 0 fully saturated rings. The third-order valence-electron chi connectivity index (χ3n) is 7.58. The van der Waals surface area contributed by atoms with E-state index in [2.05, 4.69) is 120 Å². The van der Waals surface area contributed by atoms with Gasteiger partial charge in [-0.05, 0) is 41.5 Å². The first-order valence-electron chi connectivity index (χ1n) is 12.4. The number of aromatic nitrogens is 3. The van der Waals surface area contributed by atoms with Crippen LogP contribution in [0.25, 0.3) is 28.3 Å². The fraction of sp³-hybridized carbons (Fsp3) is 0.355. The van der Waals surface area contributed by atoms with Gasteiger partial charge in [0, 0.05) is 28.3 Å². The van der Waals surface area contributed by atoms with Crippen LogP contribution in [0.3, 0.4) is 0 Å². The number of nitrogens with zero attached hydrogens (tertiary/aromatic N) is 3. The summed E-state index contributed by atoms with van der Waals surface area (Å²) in [4.78, 5) is 4.81. The quantitative estimate of drug-likeness (QED) is 0.301. The van der Waals surface area contributed by atoms with Crippen LogP contribution >= 0.6 is 0 Å². The molecular formula is C31H36N3+. The molecule has 0 N–H and O–H groups in total. The third kappa shape index (κ3) is 3.17. The molecule has 1 aliphatic carbocycles. The zero-order valence-corrected chi connectivity index (χ0v) is 21.8. The maximum absolute atomic E-state index is 4.81. The van der Waals surface area contributed by atoms with Crippen molar-refractivity contribution in [3.63, 3.8) is 0 Å². The standard InChI is InChI=1S/C31H36N3/c1-19(2)22-11-9-12-23(20(3)4)29(22)34-18-17-33(8)30(34)26-21(5)14-15-24-27(26)31(6,7)25-13-10-16-32-28(24)25/h9-20H,1-8H3/q+1. The maximum Gasteiger partial charge on any atom is 0.294 e. The van der Waals surface area contributed by atoms with E-state index in [4.69, 9.17) is 4.98 Å². The molecule has 4 aromatic rings. The van der Waals surface area contributed by atoms with Crippen LogP contribution in [0, 0.1) is 6.92 Å². The van der Waals surface area contributed by atoms with Gasteiger partial charge in [0.15, 0.2) is 0 Å². The lowest BCUT2D eigenvalue weighted by Crippen LogP contribution is -2.31. The van der Waals surface area contributed by atoms with Crippen LogP contribution < -0.4 is 4.57 Å². The van der Waals surface area contributed by atoms with Gasteiger partial charge in [-0.2, -0.15) is 4.57 Å². The van der Waals surface area contributed by atoms with Gasteiger partial charge >= 0.3 is 0 Å². The van der Waals surface area contributed by atoms with E-state index in [0.29, 0.717) is 11.8 Å². The smallest absolute Gasteiger partial charge is 0.256 e. The Morgan fingerprint density at radius 3 is 2.24 bits per heavy atom. The molecular weight excluding hydrogens is 414 g/mol. The lowest BCUT2D eigenvalue weighted by atomic mass is 9.79. The minimum Gasteiger partial charge on any atom is -0.256 e. The molecule has 0 aliphatic heterocycles. The molecule has 0 atom stereocenters. The molecule has 0 saturated heterocycles. The average Bonchev–Trinajstić information content (AvgIpc) is 3.28. The molecule has 0 spiro atoms. The molecule has 1 aliphatic rings. The monoisotopic (exact) mass is 450 g/mol. The second kappa shape index (κ2) is 7.94. The Morgan fingerprint density at radius 1 is 0.912 bits per heavy atom. The van der Waals surface area contributed by atoms with Crippen molar-refractivity contribution < 1.29 is 4.57 Å². The highest BCUT2D eigenvalue weighted by molar-refractivity contribution is 5.86. The van der Waals surface area contributed by atoms with E-state index in [1.807, 2.05) is 6.20 Å². The summed E-state index contributed by atoms with van der Waals surface area (Å²) in [5.41, 5.74) is 11.7. The van der Waals surface area contributed by atoms with Crippen molar-refractivity contribution in [3.05, 3.63) is 88.9 Å². The predicted molar refractivity (Wildman–Crippen MR) is 141 cm³/mol. The largest absolute Gasteiger partial charge is 0.294 e. The second-order valence-corrected chi connectivity index (χ2v) is 10.9. The van der Waals surface area contributed by atoms with Crippen LogP contribution in [-0.4, -0.2) is 9.55 Å². The first-order chi connectivity index (χ1) is 16.1. The molecule has 3 nitrogen and oxygen atoms in total. The summed E-state index contributed by atoms with van der Waals surface area (Å²) in [6.45, 7) is 16.1. The summed E-state index contributed by atoms with van der Waals surface area (Å²) in [5.74, 6) is 2.09. The number of hydrogen-bond donors (Lipinski definition) is 0. The molecule has 2 aromatic heterocycles. The van der Waals surface area contributed by atoms with Crippen molar-refractivity contribution in [2.24, 2.45) is 7.05 Å².